The molecule has 0 saturated carbocycles. The molecule has 0 aliphatic rings. The van der Waals surface area contributed by atoms with Crippen molar-refractivity contribution >= 4 is 73.2 Å². The van der Waals surface area contributed by atoms with Gasteiger partial charge in [-0.1, -0.05) is 0 Å². The molecule has 12 heavy (non-hydrogen) atoms. The normalized spacial score (nSPS) is 18.4. The summed E-state index contributed by atoms with van der Waals surface area (Å²) in [6, 6.07) is 0. The third kappa shape index (κ3) is 3.39. The van der Waals surface area contributed by atoms with Crippen molar-refractivity contribution in [2.75, 3.05) is 0 Å². The fourth-order valence-electron chi connectivity index (χ4n) is 1.20. The van der Waals surface area contributed by atoms with E-state index in [1.807, 2.05) is 0 Å². The van der Waals surface area contributed by atoms with Crippen LogP contribution < -0.4 is 0 Å². The second-order valence-electron chi connectivity index (χ2n) is 2.53. The summed E-state index contributed by atoms with van der Waals surface area (Å²) in [5.41, 5.74) is 0. The molecule has 0 amide bonds. The SMILES string of the molecule is CC[Te](CC)(CC)[As](Br)(Br)(Br)Br. The standard InChI is InChI=1S/C6H15AsBr4Te/c1-4-12(5-2,6-3)7(8,9,10)11/h4-6H2,1-3H3. The van der Waals surface area contributed by atoms with Crippen LogP contribution in [0.3, 0.4) is 0 Å². The molecule has 0 fully saturated rings. The molecule has 0 aromatic heterocycles. The van der Waals surface area contributed by atoms with Gasteiger partial charge in [0, 0.05) is 0 Å². The van der Waals surface area contributed by atoms with Crippen LogP contribution >= 0.6 is 55.7 Å². The fourth-order valence-corrected chi connectivity index (χ4v) is 110. The Morgan fingerprint density at radius 3 is 1.08 bits per heavy atom. The van der Waals surface area contributed by atoms with Crippen LogP contribution in [0.15, 0.2) is 0 Å². The van der Waals surface area contributed by atoms with Crippen LogP contribution in [0.25, 0.3) is 0 Å². The Hall–Kier alpha value is 3.27. The van der Waals surface area contributed by atoms with Crippen molar-refractivity contribution in [3.8, 4) is 0 Å². The molecular formula is C6H15AsBr4Te. The van der Waals surface area contributed by atoms with E-state index in [1.54, 1.807) is 0 Å². The first-order valence-corrected chi connectivity index (χ1v) is 32.6. The first-order chi connectivity index (χ1) is 5.19. The van der Waals surface area contributed by atoms with Gasteiger partial charge in [-0.2, -0.15) is 0 Å². The van der Waals surface area contributed by atoms with Crippen molar-refractivity contribution in [2.24, 2.45) is 0 Å². The van der Waals surface area contributed by atoms with Crippen molar-refractivity contribution in [2.45, 2.75) is 34.2 Å². The average Bonchev–Trinajstić information content (AvgIpc) is 1.88. The Labute approximate surface area is 105 Å². The molecule has 0 unspecified atom stereocenters. The van der Waals surface area contributed by atoms with Crippen LogP contribution in [0.5, 0.6) is 0 Å². The van der Waals surface area contributed by atoms with Gasteiger partial charge in [0.25, 0.3) is 0 Å². The Morgan fingerprint density at radius 2 is 1.08 bits per heavy atom. The van der Waals surface area contributed by atoms with E-state index in [9.17, 15) is 0 Å². The molecule has 0 atom stereocenters. The molecule has 0 aliphatic carbocycles. The van der Waals surface area contributed by atoms with Crippen LogP contribution in [0.4, 0.5) is 0 Å². The molecule has 0 nitrogen and oxygen atoms in total. The first-order valence-electron chi connectivity index (χ1n) is 3.85. The van der Waals surface area contributed by atoms with Crippen LogP contribution in [-0.4, -0.2) is 17.4 Å². The van der Waals surface area contributed by atoms with Crippen LogP contribution in [-0.2, 0) is 0 Å². The summed E-state index contributed by atoms with van der Waals surface area (Å²) in [7, 11) is 0. The number of hydrogen-bond donors (Lipinski definition) is 0. The van der Waals surface area contributed by atoms with E-state index in [0.29, 0.717) is 0 Å². The van der Waals surface area contributed by atoms with Crippen molar-refractivity contribution in [1.29, 1.82) is 0 Å². The summed E-state index contributed by atoms with van der Waals surface area (Å²) in [4.78, 5) is 0. The van der Waals surface area contributed by atoms with Crippen LogP contribution in [0, 0.1) is 0 Å². The monoisotopic (exact) mass is 608 g/mol. The molecule has 0 aliphatic heterocycles. The molecule has 0 bridgehead atoms. The number of hydrogen-bond acceptors (Lipinski definition) is 0. The Kier molecular flexibility index (Phi) is 6.44. The van der Waals surface area contributed by atoms with Crippen molar-refractivity contribution in [3.05, 3.63) is 0 Å². The van der Waals surface area contributed by atoms with Gasteiger partial charge in [0.15, 0.2) is 0 Å². The minimum atomic E-state index is -2.50. The summed E-state index contributed by atoms with van der Waals surface area (Å²) in [5.74, 6) is 0. The molecule has 0 aromatic rings. The van der Waals surface area contributed by atoms with Crippen molar-refractivity contribution in [3.63, 3.8) is 0 Å². The van der Waals surface area contributed by atoms with E-state index in [0.717, 1.165) is 0 Å². The maximum atomic E-state index is 3.90. The quantitative estimate of drug-likeness (QED) is 0.368. The van der Waals surface area contributed by atoms with E-state index in [-0.39, 0.29) is 0 Å². The van der Waals surface area contributed by atoms with Crippen molar-refractivity contribution < 1.29 is 0 Å². The minimum absolute atomic E-state index is 1.37. The van der Waals surface area contributed by atoms with E-state index < -0.39 is 17.4 Å². The zero-order chi connectivity index (χ0) is 10.1. The molecule has 78 valence electrons. The predicted octanol–water partition coefficient (Wildman–Crippen LogP) is 5.54. The van der Waals surface area contributed by atoms with Crippen LogP contribution in [0.2, 0.25) is 13.4 Å². The summed E-state index contributed by atoms with van der Waals surface area (Å²) >= 11 is 13.8. The van der Waals surface area contributed by atoms with Gasteiger partial charge < -0.3 is 0 Å². The molecular weight excluding hydrogens is 594 g/mol. The number of halogens is 4. The molecule has 0 rings (SSSR count). The molecule has 0 heterocycles. The van der Waals surface area contributed by atoms with Gasteiger partial charge in [-0.05, 0) is 0 Å². The Balaban J connectivity index is 4.98. The van der Waals surface area contributed by atoms with Crippen molar-refractivity contribution in [1.82, 2.24) is 0 Å². The first kappa shape index (κ1) is 15.3. The van der Waals surface area contributed by atoms with Gasteiger partial charge in [-0.25, -0.2) is 0 Å². The Morgan fingerprint density at radius 1 is 0.833 bits per heavy atom. The third-order valence-electron chi connectivity index (χ3n) is 2.20. The summed E-state index contributed by atoms with van der Waals surface area (Å²) in [6.07, 6.45) is 0. The second kappa shape index (κ2) is 5.07. The fraction of sp³-hybridized carbons (Fsp3) is 1.00. The predicted molar refractivity (Wildman–Crippen MR) is 78.7 cm³/mol. The topological polar surface area (TPSA) is 0 Å². The summed E-state index contributed by atoms with van der Waals surface area (Å²) in [5, 5.41) is 0. The van der Waals surface area contributed by atoms with E-state index >= 15 is 0 Å². The molecule has 0 aromatic carbocycles. The summed E-state index contributed by atoms with van der Waals surface area (Å²) < 4.78 is 1.61. The van der Waals surface area contributed by atoms with E-state index in [1.165, 1.54) is 13.4 Å². The average molecular weight is 609 g/mol. The molecule has 0 N–H and O–H groups in total. The molecule has 0 spiro atoms. The Bertz CT molecular complexity index is 143. The zero-order valence-corrected chi connectivity index (χ0v) is 18.0. The van der Waals surface area contributed by atoms with Crippen LogP contribution in [0.1, 0.15) is 20.8 Å². The molecule has 0 radical (unpaired) electrons. The van der Waals surface area contributed by atoms with Gasteiger partial charge in [0.2, 0.25) is 0 Å². The third-order valence-corrected chi connectivity index (χ3v) is 128. The summed E-state index contributed by atoms with van der Waals surface area (Å²) in [6.45, 7) is 7.00. The molecule has 0 saturated heterocycles. The maximum absolute atomic E-state index is 3.90. The number of rotatable bonds is 4. The second-order valence-corrected chi connectivity index (χ2v) is 127. The zero-order valence-electron chi connectivity index (χ0n) is 7.49. The van der Waals surface area contributed by atoms with Gasteiger partial charge in [-0.3, -0.25) is 0 Å². The van der Waals surface area contributed by atoms with Gasteiger partial charge in [0.1, 0.15) is 0 Å². The van der Waals surface area contributed by atoms with Gasteiger partial charge in [-0.15, -0.1) is 0 Å². The van der Waals surface area contributed by atoms with Gasteiger partial charge >= 0.3 is 107 Å². The van der Waals surface area contributed by atoms with E-state index in [4.69, 9.17) is 0 Å². The molecule has 6 heteroatoms. The van der Waals surface area contributed by atoms with Gasteiger partial charge in [0.05, 0.1) is 0 Å². The van der Waals surface area contributed by atoms with E-state index in [2.05, 4.69) is 76.5 Å².